The molecule has 0 aromatic heterocycles. The summed E-state index contributed by atoms with van der Waals surface area (Å²) < 4.78 is 25.0. The molecule has 104 valence electrons. The monoisotopic (exact) mass is 398 g/mol. The van der Waals surface area contributed by atoms with Crippen LogP contribution in [0.5, 0.6) is 0 Å². The molecule has 0 spiro atoms. The minimum atomic E-state index is -0.790. The Balaban J connectivity index is 2.21. The van der Waals surface area contributed by atoms with E-state index in [-0.39, 0.29) is 21.0 Å². The third-order valence-electron chi connectivity index (χ3n) is 2.98. The summed E-state index contributed by atoms with van der Waals surface area (Å²) in [7, 11) is -0.790. The molecule has 1 aliphatic rings. The molecular formula is C11H12FIN2O3S. The van der Waals surface area contributed by atoms with Crippen LogP contribution in [-0.2, 0) is 10.8 Å². The van der Waals surface area contributed by atoms with Crippen molar-refractivity contribution in [3.63, 3.8) is 0 Å². The molecule has 2 rings (SSSR count). The molecule has 1 aromatic carbocycles. The number of hydrogen-bond acceptors (Lipinski definition) is 4. The molecule has 0 radical (unpaired) electrons. The van der Waals surface area contributed by atoms with Gasteiger partial charge in [-0.25, -0.2) is 4.39 Å². The van der Waals surface area contributed by atoms with Gasteiger partial charge in [0.2, 0.25) is 0 Å². The van der Waals surface area contributed by atoms with Crippen molar-refractivity contribution < 1.29 is 13.5 Å². The first kappa shape index (κ1) is 14.6. The van der Waals surface area contributed by atoms with Gasteiger partial charge in [0, 0.05) is 40.5 Å². The van der Waals surface area contributed by atoms with Gasteiger partial charge < -0.3 is 5.32 Å². The molecular weight excluding hydrogens is 386 g/mol. The second-order valence-corrected chi connectivity index (χ2v) is 7.17. The Morgan fingerprint density at radius 1 is 1.42 bits per heavy atom. The van der Waals surface area contributed by atoms with Gasteiger partial charge in [-0.15, -0.1) is 0 Å². The average molecular weight is 398 g/mol. The molecule has 0 unspecified atom stereocenters. The second-order valence-electron chi connectivity index (χ2n) is 4.31. The highest BCUT2D eigenvalue weighted by molar-refractivity contribution is 14.1. The quantitative estimate of drug-likeness (QED) is 0.483. The number of hydrogen-bond donors (Lipinski definition) is 1. The van der Waals surface area contributed by atoms with E-state index < -0.39 is 21.5 Å². The predicted molar refractivity (Wildman–Crippen MR) is 80.3 cm³/mol. The second kappa shape index (κ2) is 6.12. The zero-order valence-corrected chi connectivity index (χ0v) is 12.9. The lowest BCUT2D eigenvalue weighted by atomic mass is 10.1. The van der Waals surface area contributed by atoms with E-state index in [4.69, 9.17) is 0 Å². The summed E-state index contributed by atoms with van der Waals surface area (Å²) in [6.45, 7) is 0. The summed E-state index contributed by atoms with van der Waals surface area (Å²) >= 11 is 1.73. The van der Waals surface area contributed by atoms with Gasteiger partial charge in [-0.3, -0.25) is 14.3 Å². The van der Waals surface area contributed by atoms with Crippen molar-refractivity contribution in [2.24, 2.45) is 0 Å². The first-order valence-corrected chi connectivity index (χ1v) is 8.29. The van der Waals surface area contributed by atoms with Crippen LogP contribution in [-0.4, -0.2) is 26.7 Å². The van der Waals surface area contributed by atoms with Gasteiger partial charge in [-0.05, 0) is 35.4 Å². The van der Waals surface area contributed by atoms with E-state index in [1.165, 1.54) is 6.07 Å². The minimum Gasteiger partial charge on any atom is -0.377 e. The van der Waals surface area contributed by atoms with Crippen LogP contribution in [0, 0.1) is 19.5 Å². The van der Waals surface area contributed by atoms with Crippen molar-refractivity contribution in [1.82, 2.24) is 0 Å². The molecule has 0 bridgehead atoms. The molecule has 1 N–H and O–H groups in total. The zero-order chi connectivity index (χ0) is 14.0. The lowest BCUT2D eigenvalue weighted by molar-refractivity contribution is -0.384. The molecule has 0 atom stereocenters. The highest BCUT2D eigenvalue weighted by Crippen LogP contribution is 2.30. The minimum absolute atomic E-state index is 0.0101. The van der Waals surface area contributed by atoms with Crippen LogP contribution in [0.15, 0.2) is 12.1 Å². The fourth-order valence-electron chi connectivity index (χ4n) is 1.96. The molecule has 1 fully saturated rings. The summed E-state index contributed by atoms with van der Waals surface area (Å²) in [6.07, 6.45) is 1.36. The van der Waals surface area contributed by atoms with Crippen molar-refractivity contribution in [3.05, 3.63) is 31.6 Å². The molecule has 8 heteroatoms. The first-order valence-electron chi connectivity index (χ1n) is 5.72. The van der Waals surface area contributed by atoms with E-state index in [1.54, 1.807) is 22.6 Å². The van der Waals surface area contributed by atoms with Crippen LogP contribution in [0.1, 0.15) is 12.8 Å². The van der Waals surface area contributed by atoms with Crippen LogP contribution in [0.4, 0.5) is 15.8 Å². The topological polar surface area (TPSA) is 72.2 Å². The molecule has 19 heavy (non-hydrogen) atoms. The molecule has 1 heterocycles. The summed E-state index contributed by atoms with van der Waals surface area (Å²) in [5.41, 5.74) is 0.0677. The number of benzene rings is 1. The summed E-state index contributed by atoms with van der Waals surface area (Å²) in [5.74, 6) is 0.685. The van der Waals surface area contributed by atoms with E-state index in [0.29, 0.717) is 24.3 Å². The van der Waals surface area contributed by atoms with Crippen molar-refractivity contribution in [2.45, 2.75) is 18.9 Å². The van der Waals surface area contributed by atoms with Gasteiger partial charge in [0.15, 0.2) is 0 Å². The predicted octanol–water partition coefficient (Wildman–Crippen LogP) is 2.66. The Bertz CT molecular complexity index is 531. The van der Waals surface area contributed by atoms with E-state index >= 15 is 0 Å². The van der Waals surface area contributed by atoms with Gasteiger partial charge in [0.25, 0.3) is 5.69 Å². The van der Waals surface area contributed by atoms with Crippen molar-refractivity contribution >= 4 is 44.8 Å². The third kappa shape index (κ3) is 3.62. The number of halogens is 2. The molecule has 0 saturated carbocycles. The van der Waals surface area contributed by atoms with E-state index in [1.807, 2.05) is 0 Å². The summed E-state index contributed by atoms with van der Waals surface area (Å²) in [6, 6.07) is 2.39. The van der Waals surface area contributed by atoms with Gasteiger partial charge >= 0.3 is 0 Å². The van der Waals surface area contributed by atoms with Crippen LogP contribution in [0.3, 0.4) is 0 Å². The van der Waals surface area contributed by atoms with Crippen LogP contribution < -0.4 is 5.32 Å². The summed E-state index contributed by atoms with van der Waals surface area (Å²) in [5, 5.41) is 14.0. The first-order chi connectivity index (χ1) is 8.97. The van der Waals surface area contributed by atoms with E-state index in [2.05, 4.69) is 5.32 Å². The van der Waals surface area contributed by atoms with Crippen LogP contribution in [0.25, 0.3) is 0 Å². The normalized spacial score (nSPS) is 23.1. The van der Waals surface area contributed by atoms with Gasteiger partial charge in [0.05, 0.1) is 8.49 Å². The number of nitrogens with one attached hydrogen (secondary N) is 1. The Hall–Kier alpha value is -0.770. The highest BCUT2D eigenvalue weighted by atomic mass is 127. The Morgan fingerprint density at radius 2 is 2.05 bits per heavy atom. The lowest BCUT2D eigenvalue weighted by Gasteiger charge is -2.23. The lowest BCUT2D eigenvalue weighted by Crippen LogP contribution is -2.29. The number of nitrogens with zero attached hydrogens (tertiary/aromatic N) is 1. The highest BCUT2D eigenvalue weighted by Gasteiger charge is 2.23. The Kier molecular flexibility index (Phi) is 4.71. The van der Waals surface area contributed by atoms with Crippen molar-refractivity contribution in [3.8, 4) is 0 Å². The SMILES string of the molecule is O=[N+]([O-])c1cc(I)c(F)cc1NC1CCS(=O)CC1. The van der Waals surface area contributed by atoms with E-state index in [9.17, 15) is 18.7 Å². The molecule has 1 saturated heterocycles. The maximum atomic E-state index is 13.5. The van der Waals surface area contributed by atoms with Gasteiger partial charge in [-0.2, -0.15) is 0 Å². The average Bonchev–Trinajstić information content (AvgIpc) is 2.36. The van der Waals surface area contributed by atoms with Gasteiger partial charge in [0.1, 0.15) is 11.5 Å². The number of nitro groups is 1. The fourth-order valence-corrected chi connectivity index (χ4v) is 3.71. The number of rotatable bonds is 3. The van der Waals surface area contributed by atoms with E-state index in [0.717, 1.165) is 6.07 Å². The molecule has 0 aliphatic carbocycles. The fraction of sp³-hybridized carbons (Fsp3) is 0.455. The maximum absolute atomic E-state index is 13.5. The molecule has 5 nitrogen and oxygen atoms in total. The molecule has 1 aliphatic heterocycles. The third-order valence-corrected chi connectivity index (χ3v) is 5.19. The van der Waals surface area contributed by atoms with Crippen LogP contribution >= 0.6 is 22.6 Å². The van der Waals surface area contributed by atoms with Crippen molar-refractivity contribution in [1.29, 1.82) is 0 Å². The Labute approximate surface area is 125 Å². The maximum Gasteiger partial charge on any atom is 0.293 e. The van der Waals surface area contributed by atoms with Crippen molar-refractivity contribution in [2.75, 3.05) is 16.8 Å². The zero-order valence-electron chi connectivity index (χ0n) is 9.90. The molecule has 1 aromatic rings. The smallest absolute Gasteiger partial charge is 0.293 e. The standard InChI is InChI=1S/C11H12FIN2O3S/c12-8-5-10(11(15(16)17)6-9(8)13)14-7-1-3-19(18)4-2-7/h5-7,14H,1-4H2. The molecule has 0 amide bonds. The van der Waals surface area contributed by atoms with Gasteiger partial charge in [-0.1, -0.05) is 0 Å². The number of nitro benzene ring substituents is 1. The van der Waals surface area contributed by atoms with Crippen LogP contribution in [0.2, 0.25) is 0 Å². The number of anilines is 1. The summed E-state index contributed by atoms with van der Waals surface area (Å²) in [4.78, 5) is 10.4. The Morgan fingerprint density at radius 3 is 2.63 bits per heavy atom. The largest absolute Gasteiger partial charge is 0.377 e.